The van der Waals surface area contributed by atoms with E-state index in [0.717, 1.165) is 12.8 Å². The average molecular weight is 248 g/mol. The summed E-state index contributed by atoms with van der Waals surface area (Å²) in [5.74, 6) is 0.177. The highest BCUT2D eigenvalue weighted by atomic mass is 32.2. The molecule has 1 amide bonds. The zero-order valence-electron chi connectivity index (χ0n) is 9.82. The summed E-state index contributed by atoms with van der Waals surface area (Å²) in [5, 5.41) is 5.75. The standard InChI is InChI=1S/C10H20N2O3S/c1-3-16(14,15)7-8(2)11-6-10(13)12-9-4-5-9/h8-9,11H,3-7H2,1-2H3,(H,12,13). The second-order valence-electron chi connectivity index (χ2n) is 4.32. The molecule has 1 atom stereocenters. The third-order valence-corrected chi connectivity index (χ3v) is 4.38. The van der Waals surface area contributed by atoms with Gasteiger partial charge in [-0.05, 0) is 19.8 Å². The summed E-state index contributed by atoms with van der Waals surface area (Å²) in [6.07, 6.45) is 2.12. The van der Waals surface area contributed by atoms with Crippen molar-refractivity contribution < 1.29 is 13.2 Å². The van der Waals surface area contributed by atoms with Crippen LogP contribution in [0.5, 0.6) is 0 Å². The molecule has 0 aromatic carbocycles. The molecule has 0 aliphatic heterocycles. The molecule has 1 saturated carbocycles. The second-order valence-corrected chi connectivity index (χ2v) is 6.72. The lowest BCUT2D eigenvalue weighted by Crippen LogP contribution is -2.41. The van der Waals surface area contributed by atoms with Crippen LogP contribution in [0.4, 0.5) is 0 Å². The number of nitrogens with one attached hydrogen (secondary N) is 2. The van der Waals surface area contributed by atoms with Crippen LogP contribution in [-0.4, -0.2) is 44.5 Å². The van der Waals surface area contributed by atoms with Gasteiger partial charge in [0, 0.05) is 17.8 Å². The van der Waals surface area contributed by atoms with Crippen molar-refractivity contribution in [1.82, 2.24) is 10.6 Å². The predicted molar refractivity (Wildman–Crippen MR) is 63.0 cm³/mol. The summed E-state index contributed by atoms with van der Waals surface area (Å²) in [7, 11) is -2.97. The first kappa shape index (κ1) is 13.4. The first-order valence-electron chi connectivity index (χ1n) is 5.66. The molecule has 0 aromatic heterocycles. The predicted octanol–water partition coefficient (Wildman–Crippen LogP) is -0.322. The summed E-state index contributed by atoms with van der Waals surface area (Å²) in [6.45, 7) is 3.59. The molecule has 94 valence electrons. The van der Waals surface area contributed by atoms with E-state index in [4.69, 9.17) is 0 Å². The molecule has 1 unspecified atom stereocenters. The lowest BCUT2D eigenvalue weighted by Gasteiger charge is -2.13. The molecule has 0 bridgehead atoms. The van der Waals surface area contributed by atoms with Gasteiger partial charge in [0.1, 0.15) is 0 Å². The Hall–Kier alpha value is -0.620. The van der Waals surface area contributed by atoms with Crippen molar-refractivity contribution in [2.75, 3.05) is 18.1 Å². The summed E-state index contributed by atoms with van der Waals surface area (Å²) in [4.78, 5) is 11.3. The highest BCUT2D eigenvalue weighted by molar-refractivity contribution is 7.91. The van der Waals surface area contributed by atoms with Gasteiger partial charge in [0.15, 0.2) is 9.84 Å². The minimum Gasteiger partial charge on any atom is -0.352 e. The summed E-state index contributed by atoms with van der Waals surface area (Å²) >= 11 is 0. The second kappa shape index (κ2) is 5.63. The molecule has 1 rings (SSSR count). The van der Waals surface area contributed by atoms with Crippen molar-refractivity contribution in [3.8, 4) is 0 Å². The first-order chi connectivity index (χ1) is 7.43. The summed E-state index contributed by atoms with van der Waals surface area (Å²) in [6, 6.07) is 0.166. The molecular weight excluding hydrogens is 228 g/mol. The van der Waals surface area contributed by atoms with Crippen LogP contribution in [0.3, 0.4) is 0 Å². The fourth-order valence-electron chi connectivity index (χ4n) is 1.33. The Morgan fingerprint density at radius 2 is 2.06 bits per heavy atom. The van der Waals surface area contributed by atoms with Crippen molar-refractivity contribution in [2.24, 2.45) is 0 Å². The van der Waals surface area contributed by atoms with E-state index in [1.165, 1.54) is 0 Å². The van der Waals surface area contributed by atoms with Gasteiger partial charge in [-0.2, -0.15) is 0 Å². The van der Waals surface area contributed by atoms with Gasteiger partial charge in [0.05, 0.1) is 12.3 Å². The molecule has 0 heterocycles. The van der Waals surface area contributed by atoms with Crippen LogP contribution in [0.1, 0.15) is 26.7 Å². The number of sulfone groups is 1. The molecule has 0 saturated heterocycles. The highest BCUT2D eigenvalue weighted by Gasteiger charge is 2.23. The van der Waals surface area contributed by atoms with Crippen LogP contribution in [0.2, 0.25) is 0 Å². The van der Waals surface area contributed by atoms with Crippen LogP contribution in [0.25, 0.3) is 0 Å². The third kappa shape index (κ3) is 5.46. The van der Waals surface area contributed by atoms with Gasteiger partial charge < -0.3 is 10.6 Å². The molecule has 5 nitrogen and oxygen atoms in total. The molecular formula is C10H20N2O3S. The van der Waals surface area contributed by atoms with E-state index in [1.807, 2.05) is 0 Å². The van der Waals surface area contributed by atoms with Crippen LogP contribution in [0.15, 0.2) is 0 Å². The van der Waals surface area contributed by atoms with Crippen molar-refractivity contribution in [3.05, 3.63) is 0 Å². The maximum atomic E-state index is 11.3. The van der Waals surface area contributed by atoms with Crippen molar-refractivity contribution in [3.63, 3.8) is 0 Å². The van der Waals surface area contributed by atoms with Crippen LogP contribution in [0, 0.1) is 0 Å². The van der Waals surface area contributed by atoms with Crippen LogP contribution >= 0.6 is 0 Å². The maximum absolute atomic E-state index is 11.3. The number of carbonyl (C=O) groups excluding carboxylic acids is 1. The molecule has 0 spiro atoms. The Morgan fingerprint density at radius 3 is 2.56 bits per heavy atom. The minimum atomic E-state index is -2.97. The Bertz CT molecular complexity index is 336. The van der Waals surface area contributed by atoms with E-state index in [2.05, 4.69) is 10.6 Å². The van der Waals surface area contributed by atoms with Gasteiger partial charge in [-0.25, -0.2) is 8.42 Å². The SMILES string of the molecule is CCS(=O)(=O)CC(C)NCC(=O)NC1CC1. The molecule has 1 fully saturated rings. The topological polar surface area (TPSA) is 75.3 Å². The Balaban J connectivity index is 2.18. The number of hydrogen-bond acceptors (Lipinski definition) is 4. The lowest BCUT2D eigenvalue weighted by molar-refractivity contribution is -0.120. The highest BCUT2D eigenvalue weighted by Crippen LogP contribution is 2.18. The van der Waals surface area contributed by atoms with E-state index in [1.54, 1.807) is 13.8 Å². The minimum absolute atomic E-state index is 0.0525. The van der Waals surface area contributed by atoms with E-state index >= 15 is 0 Å². The molecule has 1 aliphatic rings. The third-order valence-electron chi connectivity index (χ3n) is 2.50. The van der Waals surface area contributed by atoms with Crippen molar-refractivity contribution in [1.29, 1.82) is 0 Å². The van der Waals surface area contributed by atoms with Crippen LogP contribution < -0.4 is 10.6 Å². The van der Waals surface area contributed by atoms with E-state index in [-0.39, 0.29) is 30.0 Å². The van der Waals surface area contributed by atoms with Crippen molar-refractivity contribution >= 4 is 15.7 Å². The van der Waals surface area contributed by atoms with E-state index < -0.39 is 9.84 Å². The number of amides is 1. The van der Waals surface area contributed by atoms with E-state index in [9.17, 15) is 13.2 Å². The molecule has 2 N–H and O–H groups in total. The smallest absolute Gasteiger partial charge is 0.234 e. The van der Waals surface area contributed by atoms with Gasteiger partial charge in [0.2, 0.25) is 5.91 Å². The van der Waals surface area contributed by atoms with Crippen LogP contribution in [-0.2, 0) is 14.6 Å². The number of rotatable bonds is 7. The zero-order chi connectivity index (χ0) is 12.2. The van der Waals surface area contributed by atoms with Gasteiger partial charge in [-0.1, -0.05) is 6.92 Å². The Labute approximate surface area is 96.9 Å². The fraction of sp³-hybridized carbons (Fsp3) is 0.900. The van der Waals surface area contributed by atoms with Gasteiger partial charge in [-0.15, -0.1) is 0 Å². The number of hydrogen-bond donors (Lipinski definition) is 2. The summed E-state index contributed by atoms with van der Waals surface area (Å²) < 4.78 is 22.6. The quantitative estimate of drug-likeness (QED) is 0.647. The Kier molecular flexibility index (Phi) is 4.73. The molecule has 0 radical (unpaired) electrons. The monoisotopic (exact) mass is 248 g/mol. The average Bonchev–Trinajstić information content (AvgIpc) is 2.98. The van der Waals surface area contributed by atoms with Crippen molar-refractivity contribution in [2.45, 2.75) is 38.8 Å². The first-order valence-corrected chi connectivity index (χ1v) is 7.48. The van der Waals surface area contributed by atoms with Gasteiger partial charge in [0.25, 0.3) is 0 Å². The largest absolute Gasteiger partial charge is 0.352 e. The zero-order valence-corrected chi connectivity index (χ0v) is 10.6. The maximum Gasteiger partial charge on any atom is 0.234 e. The van der Waals surface area contributed by atoms with E-state index in [0.29, 0.717) is 6.04 Å². The summed E-state index contributed by atoms with van der Waals surface area (Å²) in [5.41, 5.74) is 0. The lowest BCUT2D eigenvalue weighted by atomic mass is 10.4. The molecule has 16 heavy (non-hydrogen) atoms. The molecule has 1 aliphatic carbocycles. The van der Waals surface area contributed by atoms with Gasteiger partial charge in [-0.3, -0.25) is 4.79 Å². The molecule has 6 heteroatoms. The molecule has 0 aromatic rings. The van der Waals surface area contributed by atoms with Gasteiger partial charge >= 0.3 is 0 Å². The fourth-order valence-corrected chi connectivity index (χ4v) is 2.45. The number of carbonyl (C=O) groups is 1. The normalized spacial score (nSPS) is 18.1. The Morgan fingerprint density at radius 1 is 1.44 bits per heavy atom.